The molecule has 2 atom stereocenters. The number of aryl methyl sites for hydroxylation is 1. The first-order valence-electron chi connectivity index (χ1n) is 9.49. The molecule has 0 aromatic heterocycles. The minimum absolute atomic E-state index is 0.0515. The maximum absolute atomic E-state index is 13.7. The van der Waals surface area contributed by atoms with Crippen LogP contribution in [0.25, 0.3) is 0 Å². The van der Waals surface area contributed by atoms with E-state index in [9.17, 15) is 18.4 Å². The normalized spacial score (nSPS) is 19.5. The van der Waals surface area contributed by atoms with Gasteiger partial charge in [0, 0.05) is 20.0 Å². The van der Waals surface area contributed by atoms with Gasteiger partial charge in [-0.2, -0.15) is 0 Å². The highest BCUT2D eigenvalue weighted by molar-refractivity contribution is 5.84. The Balaban J connectivity index is 1.62. The largest absolute Gasteiger partial charge is 0.356 e. The van der Waals surface area contributed by atoms with Crippen molar-refractivity contribution in [1.82, 2.24) is 10.2 Å². The van der Waals surface area contributed by atoms with Gasteiger partial charge in [0.05, 0.1) is 12.0 Å². The number of piperidine rings is 1. The SMILES string of the molecule is CN1C(=O)CCC(C(=O)NCCCc2cccc(F)c2)C1c1cccc(F)c1. The zero-order chi connectivity index (χ0) is 20.1. The van der Waals surface area contributed by atoms with Crippen molar-refractivity contribution in [2.45, 2.75) is 31.7 Å². The number of nitrogens with zero attached hydrogens (tertiary/aromatic N) is 1. The van der Waals surface area contributed by atoms with Gasteiger partial charge in [-0.25, -0.2) is 8.78 Å². The molecule has 0 radical (unpaired) electrons. The predicted molar refractivity (Wildman–Crippen MR) is 102 cm³/mol. The fraction of sp³-hybridized carbons (Fsp3) is 0.364. The molecule has 0 bridgehead atoms. The molecule has 148 valence electrons. The van der Waals surface area contributed by atoms with Crippen molar-refractivity contribution < 1.29 is 18.4 Å². The summed E-state index contributed by atoms with van der Waals surface area (Å²) in [6, 6.07) is 12.0. The number of benzene rings is 2. The van der Waals surface area contributed by atoms with E-state index in [2.05, 4.69) is 5.32 Å². The van der Waals surface area contributed by atoms with E-state index in [1.807, 2.05) is 6.07 Å². The van der Waals surface area contributed by atoms with Crippen molar-refractivity contribution in [1.29, 1.82) is 0 Å². The maximum Gasteiger partial charge on any atom is 0.225 e. The number of hydrogen-bond donors (Lipinski definition) is 1. The van der Waals surface area contributed by atoms with Crippen molar-refractivity contribution in [3.05, 3.63) is 71.3 Å². The molecule has 1 saturated heterocycles. The van der Waals surface area contributed by atoms with Gasteiger partial charge >= 0.3 is 0 Å². The summed E-state index contributed by atoms with van der Waals surface area (Å²) in [5, 5.41) is 2.92. The Labute approximate surface area is 163 Å². The van der Waals surface area contributed by atoms with Crippen LogP contribution in [0.4, 0.5) is 8.78 Å². The Morgan fingerprint density at radius 1 is 1.14 bits per heavy atom. The van der Waals surface area contributed by atoms with Crippen LogP contribution in [0.3, 0.4) is 0 Å². The molecule has 0 saturated carbocycles. The molecule has 2 unspecified atom stereocenters. The molecular formula is C22H24F2N2O2. The zero-order valence-electron chi connectivity index (χ0n) is 15.8. The van der Waals surface area contributed by atoms with E-state index in [0.717, 1.165) is 5.56 Å². The summed E-state index contributed by atoms with van der Waals surface area (Å²) in [6.45, 7) is 0.458. The molecule has 2 aromatic carbocycles. The molecule has 1 N–H and O–H groups in total. The number of amides is 2. The van der Waals surface area contributed by atoms with Gasteiger partial charge in [-0.1, -0.05) is 24.3 Å². The number of hydrogen-bond acceptors (Lipinski definition) is 2. The van der Waals surface area contributed by atoms with Crippen LogP contribution in [0.15, 0.2) is 48.5 Å². The van der Waals surface area contributed by atoms with Crippen molar-refractivity contribution in [2.24, 2.45) is 5.92 Å². The van der Waals surface area contributed by atoms with Crippen LogP contribution in [0.1, 0.15) is 36.4 Å². The second-order valence-corrected chi connectivity index (χ2v) is 7.17. The Morgan fingerprint density at radius 3 is 2.57 bits per heavy atom. The molecule has 1 fully saturated rings. The minimum Gasteiger partial charge on any atom is -0.356 e. The van der Waals surface area contributed by atoms with Crippen LogP contribution in [0.5, 0.6) is 0 Å². The average molecular weight is 386 g/mol. The first-order valence-corrected chi connectivity index (χ1v) is 9.49. The molecule has 0 spiro atoms. The average Bonchev–Trinajstić information content (AvgIpc) is 2.67. The molecule has 0 aliphatic carbocycles. The lowest BCUT2D eigenvalue weighted by molar-refractivity contribution is -0.141. The summed E-state index contributed by atoms with van der Waals surface area (Å²) in [5.74, 6) is -1.29. The Morgan fingerprint density at radius 2 is 1.86 bits per heavy atom. The number of nitrogens with one attached hydrogen (secondary N) is 1. The minimum atomic E-state index is -0.486. The van der Waals surface area contributed by atoms with Gasteiger partial charge in [0.25, 0.3) is 0 Å². The highest BCUT2D eigenvalue weighted by Gasteiger charge is 2.38. The van der Waals surface area contributed by atoms with Crippen LogP contribution in [-0.2, 0) is 16.0 Å². The Bertz CT molecular complexity index is 856. The molecule has 1 aliphatic rings. The van der Waals surface area contributed by atoms with Crippen molar-refractivity contribution in [3.63, 3.8) is 0 Å². The van der Waals surface area contributed by atoms with Crippen molar-refractivity contribution >= 4 is 11.8 Å². The fourth-order valence-electron chi connectivity index (χ4n) is 3.79. The zero-order valence-corrected chi connectivity index (χ0v) is 15.8. The third-order valence-corrected chi connectivity index (χ3v) is 5.22. The quantitative estimate of drug-likeness (QED) is 0.771. The smallest absolute Gasteiger partial charge is 0.225 e. The van der Waals surface area contributed by atoms with Crippen molar-refractivity contribution in [2.75, 3.05) is 13.6 Å². The molecule has 28 heavy (non-hydrogen) atoms. The number of rotatable bonds is 6. The van der Waals surface area contributed by atoms with Gasteiger partial charge in [-0.3, -0.25) is 9.59 Å². The monoisotopic (exact) mass is 386 g/mol. The van der Waals surface area contributed by atoms with Crippen molar-refractivity contribution in [3.8, 4) is 0 Å². The summed E-state index contributed by atoms with van der Waals surface area (Å²) in [5.41, 5.74) is 1.50. The third kappa shape index (κ3) is 4.74. The van der Waals surface area contributed by atoms with Crippen LogP contribution < -0.4 is 5.32 Å². The lowest BCUT2D eigenvalue weighted by atomic mass is 9.84. The second-order valence-electron chi connectivity index (χ2n) is 7.17. The van der Waals surface area contributed by atoms with Crippen LogP contribution in [-0.4, -0.2) is 30.3 Å². The highest BCUT2D eigenvalue weighted by Crippen LogP contribution is 2.36. The number of carbonyl (C=O) groups is 2. The van der Waals surface area contributed by atoms with E-state index >= 15 is 0 Å². The summed E-state index contributed by atoms with van der Waals surface area (Å²) >= 11 is 0. The Hall–Kier alpha value is -2.76. The molecule has 1 heterocycles. The highest BCUT2D eigenvalue weighted by atomic mass is 19.1. The van der Waals surface area contributed by atoms with Crippen LogP contribution >= 0.6 is 0 Å². The van der Waals surface area contributed by atoms with Crippen LogP contribution in [0.2, 0.25) is 0 Å². The molecule has 4 nitrogen and oxygen atoms in total. The number of carbonyl (C=O) groups excluding carboxylic acids is 2. The first kappa shape index (κ1) is 20.0. The van der Waals surface area contributed by atoms with Gasteiger partial charge in [-0.15, -0.1) is 0 Å². The molecular weight excluding hydrogens is 362 g/mol. The molecule has 2 aromatic rings. The molecule has 2 amide bonds. The van der Waals surface area contributed by atoms with Gasteiger partial charge < -0.3 is 10.2 Å². The predicted octanol–water partition coefficient (Wildman–Crippen LogP) is 3.62. The second kappa shape index (κ2) is 8.95. The lowest BCUT2D eigenvalue weighted by Crippen LogP contribution is -2.46. The summed E-state index contributed by atoms with van der Waals surface area (Å²) in [6.07, 6.45) is 2.07. The third-order valence-electron chi connectivity index (χ3n) is 5.22. The van der Waals surface area contributed by atoms with E-state index in [1.165, 1.54) is 29.2 Å². The standard InChI is InChI=1S/C22H24F2N2O2/c1-26-20(27)11-10-19(21(26)16-7-3-9-18(24)14-16)22(28)25-12-4-6-15-5-2-8-17(23)13-15/h2-3,5,7-9,13-14,19,21H,4,6,10-12H2,1H3,(H,25,28). The van der Waals surface area contributed by atoms with E-state index in [-0.39, 0.29) is 17.6 Å². The number of likely N-dealkylation sites (tertiary alicyclic amines) is 1. The number of halogens is 2. The van der Waals surface area contributed by atoms with E-state index in [4.69, 9.17) is 0 Å². The van der Waals surface area contributed by atoms with Gasteiger partial charge in [0.1, 0.15) is 11.6 Å². The van der Waals surface area contributed by atoms with Gasteiger partial charge in [-0.05, 0) is 54.7 Å². The lowest BCUT2D eigenvalue weighted by Gasteiger charge is -2.38. The first-order chi connectivity index (χ1) is 13.5. The summed E-state index contributed by atoms with van der Waals surface area (Å²) in [7, 11) is 1.65. The maximum atomic E-state index is 13.7. The molecule has 1 aliphatic heterocycles. The fourth-order valence-corrected chi connectivity index (χ4v) is 3.79. The summed E-state index contributed by atoms with van der Waals surface area (Å²) < 4.78 is 26.9. The topological polar surface area (TPSA) is 49.4 Å². The molecule has 3 rings (SSSR count). The molecule has 6 heteroatoms. The van der Waals surface area contributed by atoms with Gasteiger partial charge in [0.15, 0.2) is 0 Å². The Kier molecular flexibility index (Phi) is 6.39. The van der Waals surface area contributed by atoms with Gasteiger partial charge in [0.2, 0.25) is 11.8 Å². The van der Waals surface area contributed by atoms with E-state index in [0.29, 0.717) is 37.8 Å². The summed E-state index contributed by atoms with van der Waals surface area (Å²) in [4.78, 5) is 26.5. The van der Waals surface area contributed by atoms with Crippen LogP contribution in [0, 0.1) is 17.6 Å². The van der Waals surface area contributed by atoms with E-state index < -0.39 is 17.8 Å². The van der Waals surface area contributed by atoms with E-state index in [1.54, 1.807) is 25.2 Å².